The van der Waals surface area contributed by atoms with Crippen molar-refractivity contribution in [3.05, 3.63) is 71.0 Å². The highest BCUT2D eigenvalue weighted by Gasteiger charge is 2.06. The average Bonchev–Trinajstić information content (AvgIpc) is 2.44. The highest BCUT2D eigenvalue weighted by Crippen LogP contribution is 2.08. The van der Waals surface area contributed by atoms with Gasteiger partial charge in [0.15, 0.2) is 0 Å². The minimum atomic E-state index is -0.424. The van der Waals surface area contributed by atoms with Crippen LogP contribution < -0.4 is 11.1 Å². The summed E-state index contributed by atoms with van der Waals surface area (Å²) >= 11 is 0. The van der Waals surface area contributed by atoms with Crippen molar-refractivity contribution in [2.45, 2.75) is 13.0 Å². The Bertz CT molecular complexity index is 599. The van der Waals surface area contributed by atoms with E-state index in [1.165, 1.54) is 12.1 Å². The molecule has 4 heteroatoms. The smallest absolute Gasteiger partial charge is 0.249 e. The summed E-state index contributed by atoms with van der Waals surface area (Å²) < 4.78 is 13.0. The van der Waals surface area contributed by atoms with Crippen molar-refractivity contribution in [3.8, 4) is 0 Å². The first-order valence-electron chi connectivity index (χ1n) is 6.49. The molecule has 0 aromatic heterocycles. The summed E-state index contributed by atoms with van der Waals surface area (Å²) in [7, 11) is 0. The quantitative estimate of drug-likeness (QED) is 0.792. The van der Waals surface area contributed by atoms with E-state index >= 15 is 0 Å². The molecule has 0 bridgehead atoms. The van der Waals surface area contributed by atoms with Crippen molar-refractivity contribution < 1.29 is 9.18 Å². The van der Waals surface area contributed by atoms with Gasteiger partial charge in [-0.1, -0.05) is 30.3 Å². The van der Waals surface area contributed by atoms with Crippen LogP contribution in [0.25, 0.3) is 0 Å². The van der Waals surface area contributed by atoms with Crippen LogP contribution in [0, 0.1) is 5.82 Å². The molecule has 104 valence electrons. The number of halogens is 1. The second-order valence-corrected chi connectivity index (χ2v) is 4.58. The Labute approximate surface area is 117 Å². The third-order valence-electron chi connectivity index (χ3n) is 3.08. The molecule has 0 heterocycles. The lowest BCUT2D eigenvalue weighted by molar-refractivity contribution is 0.0999. The Balaban J connectivity index is 1.86. The summed E-state index contributed by atoms with van der Waals surface area (Å²) in [6, 6.07) is 13.8. The van der Waals surface area contributed by atoms with E-state index in [0.717, 1.165) is 17.5 Å². The lowest BCUT2D eigenvalue weighted by Crippen LogP contribution is -2.20. The van der Waals surface area contributed by atoms with Crippen molar-refractivity contribution in [2.24, 2.45) is 5.73 Å². The van der Waals surface area contributed by atoms with Crippen LogP contribution in [0.4, 0.5) is 4.39 Å². The maximum atomic E-state index is 13.0. The van der Waals surface area contributed by atoms with Gasteiger partial charge in [-0.05, 0) is 42.3 Å². The summed E-state index contributed by atoms with van der Waals surface area (Å²) in [5.41, 5.74) is 7.67. The molecule has 0 aliphatic rings. The standard InChI is InChI=1S/C16H17FN2O/c17-14-6-3-4-12(10-14)8-9-19-11-13-5-1-2-7-15(13)16(18)20/h1-7,10,19H,8-9,11H2,(H2,18,20). The number of hydrogen-bond acceptors (Lipinski definition) is 2. The Kier molecular flexibility index (Phi) is 4.85. The highest BCUT2D eigenvalue weighted by molar-refractivity contribution is 5.94. The fourth-order valence-electron chi connectivity index (χ4n) is 2.06. The van der Waals surface area contributed by atoms with Crippen molar-refractivity contribution in [3.63, 3.8) is 0 Å². The molecule has 20 heavy (non-hydrogen) atoms. The molecule has 2 rings (SSSR count). The molecule has 0 fully saturated rings. The molecule has 0 spiro atoms. The van der Waals surface area contributed by atoms with E-state index in [1.54, 1.807) is 18.2 Å². The van der Waals surface area contributed by atoms with Crippen LogP contribution in [0.3, 0.4) is 0 Å². The molecule has 0 radical (unpaired) electrons. The second kappa shape index (κ2) is 6.82. The van der Waals surface area contributed by atoms with E-state index in [2.05, 4.69) is 5.32 Å². The summed E-state index contributed by atoms with van der Waals surface area (Å²) in [5.74, 6) is -0.644. The lowest BCUT2D eigenvalue weighted by atomic mass is 10.1. The Morgan fingerprint density at radius 3 is 2.70 bits per heavy atom. The zero-order chi connectivity index (χ0) is 14.4. The molecule has 2 aromatic carbocycles. The largest absolute Gasteiger partial charge is 0.366 e. The van der Waals surface area contributed by atoms with Crippen LogP contribution in [-0.4, -0.2) is 12.5 Å². The normalized spacial score (nSPS) is 10.4. The number of rotatable bonds is 6. The first-order valence-corrected chi connectivity index (χ1v) is 6.49. The Morgan fingerprint density at radius 1 is 1.15 bits per heavy atom. The first kappa shape index (κ1) is 14.2. The van der Waals surface area contributed by atoms with Crippen molar-refractivity contribution in [2.75, 3.05) is 6.54 Å². The van der Waals surface area contributed by atoms with E-state index < -0.39 is 5.91 Å². The molecule has 3 nitrogen and oxygen atoms in total. The van der Waals surface area contributed by atoms with E-state index in [1.807, 2.05) is 18.2 Å². The van der Waals surface area contributed by atoms with Gasteiger partial charge < -0.3 is 11.1 Å². The number of nitrogens with one attached hydrogen (secondary N) is 1. The molecule has 0 aliphatic carbocycles. The van der Waals surface area contributed by atoms with Gasteiger partial charge in [-0.15, -0.1) is 0 Å². The SMILES string of the molecule is NC(=O)c1ccccc1CNCCc1cccc(F)c1. The van der Waals surface area contributed by atoms with Gasteiger partial charge in [0.05, 0.1) is 0 Å². The summed E-state index contributed by atoms with van der Waals surface area (Å²) in [4.78, 5) is 11.3. The van der Waals surface area contributed by atoms with Crippen molar-refractivity contribution in [1.82, 2.24) is 5.32 Å². The van der Waals surface area contributed by atoms with Gasteiger partial charge in [-0.2, -0.15) is 0 Å². The average molecular weight is 272 g/mol. The fraction of sp³-hybridized carbons (Fsp3) is 0.188. The number of nitrogens with two attached hydrogens (primary N) is 1. The molecule has 1 amide bonds. The zero-order valence-electron chi connectivity index (χ0n) is 11.1. The van der Waals surface area contributed by atoms with Gasteiger partial charge in [0.1, 0.15) is 5.82 Å². The molecule has 2 aromatic rings. The molecule has 0 unspecified atom stereocenters. The van der Waals surface area contributed by atoms with Crippen LogP contribution in [0.15, 0.2) is 48.5 Å². The molecular weight excluding hydrogens is 255 g/mol. The van der Waals surface area contributed by atoms with Crippen LogP contribution in [0.1, 0.15) is 21.5 Å². The third kappa shape index (κ3) is 3.90. The Morgan fingerprint density at radius 2 is 1.95 bits per heavy atom. The first-order chi connectivity index (χ1) is 9.66. The second-order valence-electron chi connectivity index (χ2n) is 4.58. The fourth-order valence-corrected chi connectivity index (χ4v) is 2.06. The zero-order valence-corrected chi connectivity index (χ0v) is 11.1. The topological polar surface area (TPSA) is 55.1 Å². The molecule has 0 saturated heterocycles. The minimum absolute atomic E-state index is 0.221. The number of benzene rings is 2. The van der Waals surface area contributed by atoms with Crippen LogP contribution in [0.2, 0.25) is 0 Å². The molecule has 3 N–H and O–H groups in total. The van der Waals surface area contributed by atoms with E-state index in [-0.39, 0.29) is 5.82 Å². The van der Waals surface area contributed by atoms with Gasteiger partial charge >= 0.3 is 0 Å². The predicted octanol–water partition coefficient (Wildman–Crippen LogP) is 2.26. The number of carbonyl (C=O) groups is 1. The number of amides is 1. The predicted molar refractivity (Wildman–Crippen MR) is 76.8 cm³/mol. The van der Waals surface area contributed by atoms with Crippen LogP contribution >= 0.6 is 0 Å². The van der Waals surface area contributed by atoms with Gasteiger partial charge in [0.25, 0.3) is 0 Å². The molecule has 0 saturated carbocycles. The lowest BCUT2D eigenvalue weighted by Gasteiger charge is -2.08. The van der Waals surface area contributed by atoms with Crippen molar-refractivity contribution >= 4 is 5.91 Å². The van der Waals surface area contributed by atoms with E-state index in [9.17, 15) is 9.18 Å². The maximum absolute atomic E-state index is 13.0. The highest BCUT2D eigenvalue weighted by atomic mass is 19.1. The number of hydrogen-bond donors (Lipinski definition) is 2. The molecule has 0 atom stereocenters. The van der Waals surface area contributed by atoms with Gasteiger partial charge in [-0.25, -0.2) is 4.39 Å². The minimum Gasteiger partial charge on any atom is -0.366 e. The third-order valence-corrected chi connectivity index (χ3v) is 3.08. The van der Waals surface area contributed by atoms with Gasteiger partial charge in [-0.3, -0.25) is 4.79 Å². The summed E-state index contributed by atoms with van der Waals surface area (Å²) in [6.07, 6.45) is 0.733. The Hall–Kier alpha value is -2.20. The van der Waals surface area contributed by atoms with Crippen molar-refractivity contribution in [1.29, 1.82) is 0 Å². The van der Waals surface area contributed by atoms with Crippen LogP contribution in [0.5, 0.6) is 0 Å². The monoisotopic (exact) mass is 272 g/mol. The molecule has 0 aliphatic heterocycles. The van der Waals surface area contributed by atoms with E-state index in [4.69, 9.17) is 5.73 Å². The number of primary amides is 1. The van der Waals surface area contributed by atoms with Gasteiger partial charge in [0.2, 0.25) is 5.91 Å². The van der Waals surface area contributed by atoms with Crippen LogP contribution in [-0.2, 0) is 13.0 Å². The molecular formula is C16H17FN2O. The summed E-state index contributed by atoms with van der Waals surface area (Å²) in [5, 5.41) is 3.23. The summed E-state index contributed by atoms with van der Waals surface area (Å²) in [6.45, 7) is 1.27. The maximum Gasteiger partial charge on any atom is 0.249 e. The number of carbonyl (C=O) groups excluding carboxylic acids is 1. The van der Waals surface area contributed by atoms with E-state index in [0.29, 0.717) is 18.7 Å². The van der Waals surface area contributed by atoms with Gasteiger partial charge in [0, 0.05) is 12.1 Å².